The summed E-state index contributed by atoms with van der Waals surface area (Å²) >= 11 is 0. The van der Waals surface area contributed by atoms with E-state index in [-0.39, 0.29) is 5.41 Å². The normalized spacial score (nSPS) is 13.0. The molecule has 0 aliphatic rings. The van der Waals surface area contributed by atoms with Crippen LogP contribution in [-0.2, 0) is 10.2 Å². The first kappa shape index (κ1) is 15.2. The van der Waals surface area contributed by atoms with Crippen LogP contribution in [0.25, 0.3) is 0 Å². The van der Waals surface area contributed by atoms with Crippen molar-refractivity contribution in [2.75, 3.05) is 0 Å². The van der Waals surface area contributed by atoms with Crippen molar-refractivity contribution in [1.82, 2.24) is 10.1 Å². The van der Waals surface area contributed by atoms with Crippen LogP contribution in [0.2, 0.25) is 0 Å². The average molecular weight is 288 g/mol. The molecular weight excluding hydrogens is 268 g/mol. The molecule has 1 aromatic carbocycles. The number of esters is 1. The summed E-state index contributed by atoms with van der Waals surface area (Å²) in [7, 11) is 0. The van der Waals surface area contributed by atoms with Gasteiger partial charge in [-0.1, -0.05) is 38.1 Å². The number of ether oxygens (including phenoxy) is 1. The minimum absolute atomic E-state index is 0.0526. The van der Waals surface area contributed by atoms with Gasteiger partial charge in [0, 0.05) is 0 Å². The highest BCUT2D eigenvalue weighted by molar-refractivity contribution is 5.89. The topological polar surface area (TPSA) is 65.2 Å². The van der Waals surface area contributed by atoms with Gasteiger partial charge in [-0.05, 0) is 37.0 Å². The van der Waals surface area contributed by atoms with E-state index in [9.17, 15) is 4.79 Å². The van der Waals surface area contributed by atoms with Crippen LogP contribution in [0.1, 0.15) is 61.4 Å². The predicted molar refractivity (Wildman–Crippen MR) is 78.0 cm³/mol. The summed E-state index contributed by atoms with van der Waals surface area (Å²) < 4.78 is 10.3. The highest BCUT2D eigenvalue weighted by atomic mass is 16.6. The van der Waals surface area contributed by atoms with Crippen LogP contribution < -0.4 is 0 Å². The molecule has 0 N–H and O–H groups in total. The molecule has 112 valence electrons. The molecule has 1 heterocycles. The Kier molecular flexibility index (Phi) is 4.11. The molecule has 21 heavy (non-hydrogen) atoms. The van der Waals surface area contributed by atoms with Gasteiger partial charge in [0.15, 0.2) is 11.9 Å². The van der Waals surface area contributed by atoms with E-state index in [2.05, 4.69) is 30.9 Å². The predicted octanol–water partition coefficient (Wildman–Crippen LogP) is 3.59. The van der Waals surface area contributed by atoms with Crippen molar-refractivity contribution in [3.63, 3.8) is 0 Å². The van der Waals surface area contributed by atoms with Crippen LogP contribution in [0.4, 0.5) is 0 Å². The molecule has 0 spiro atoms. The maximum Gasteiger partial charge on any atom is 0.338 e. The lowest BCUT2D eigenvalue weighted by Crippen LogP contribution is -2.13. The van der Waals surface area contributed by atoms with Crippen LogP contribution in [0, 0.1) is 6.92 Å². The second kappa shape index (κ2) is 5.68. The second-order valence-electron chi connectivity index (χ2n) is 6.05. The molecule has 0 saturated carbocycles. The third-order valence-electron chi connectivity index (χ3n) is 3.16. The van der Waals surface area contributed by atoms with Gasteiger partial charge in [-0.25, -0.2) is 4.79 Å². The zero-order chi connectivity index (χ0) is 15.6. The fourth-order valence-electron chi connectivity index (χ4n) is 1.86. The highest BCUT2D eigenvalue weighted by Gasteiger charge is 2.19. The number of nitrogens with zero attached hydrogens (tertiary/aromatic N) is 2. The summed E-state index contributed by atoms with van der Waals surface area (Å²) in [6, 6.07) is 7.43. The maximum atomic E-state index is 12.1. The van der Waals surface area contributed by atoms with Crippen LogP contribution >= 0.6 is 0 Å². The van der Waals surface area contributed by atoms with E-state index in [1.165, 1.54) is 5.56 Å². The minimum atomic E-state index is -0.569. The molecule has 0 radical (unpaired) electrons. The number of benzene rings is 1. The van der Waals surface area contributed by atoms with E-state index < -0.39 is 12.1 Å². The molecule has 0 bridgehead atoms. The fourth-order valence-corrected chi connectivity index (χ4v) is 1.86. The number of rotatable bonds is 3. The van der Waals surface area contributed by atoms with Gasteiger partial charge in [0.2, 0.25) is 0 Å². The van der Waals surface area contributed by atoms with Crippen molar-refractivity contribution in [1.29, 1.82) is 0 Å². The lowest BCUT2D eigenvalue weighted by molar-refractivity contribution is 0.0265. The zero-order valence-electron chi connectivity index (χ0n) is 13.0. The molecule has 5 heteroatoms. The van der Waals surface area contributed by atoms with Gasteiger partial charge < -0.3 is 9.26 Å². The number of hydrogen-bond acceptors (Lipinski definition) is 5. The van der Waals surface area contributed by atoms with Crippen molar-refractivity contribution in [2.24, 2.45) is 0 Å². The molecule has 1 aromatic heterocycles. The van der Waals surface area contributed by atoms with Gasteiger partial charge in [0.1, 0.15) is 0 Å². The Morgan fingerprint density at radius 2 is 1.86 bits per heavy atom. The first-order valence-electron chi connectivity index (χ1n) is 6.89. The third kappa shape index (κ3) is 3.68. The Morgan fingerprint density at radius 1 is 1.24 bits per heavy atom. The SMILES string of the molecule is Cc1noc(C(C)OC(=O)c2ccc(C(C)(C)C)cc2)n1. The second-order valence-corrected chi connectivity index (χ2v) is 6.05. The molecular formula is C16H20N2O3. The van der Waals surface area contributed by atoms with Crippen LogP contribution in [-0.4, -0.2) is 16.1 Å². The first-order chi connectivity index (χ1) is 9.77. The van der Waals surface area contributed by atoms with Crippen molar-refractivity contribution in [3.05, 3.63) is 47.1 Å². The molecule has 1 unspecified atom stereocenters. The Labute approximate surface area is 124 Å². The van der Waals surface area contributed by atoms with E-state index in [0.717, 1.165) is 0 Å². The van der Waals surface area contributed by atoms with Crippen molar-refractivity contribution < 1.29 is 14.1 Å². The van der Waals surface area contributed by atoms with E-state index in [1.807, 2.05) is 12.1 Å². The largest absolute Gasteiger partial charge is 0.449 e. The summed E-state index contributed by atoms with van der Waals surface area (Å²) in [6.07, 6.45) is -0.569. The maximum absolute atomic E-state index is 12.1. The van der Waals surface area contributed by atoms with Crippen LogP contribution in [0.3, 0.4) is 0 Å². The molecule has 0 saturated heterocycles. The molecule has 0 amide bonds. The molecule has 1 atom stereocenters. The lowest BCUT2D eigenvalue weighted by atomic mass is 9.87. The van der Waals surface area contributed by atoms with Crippen molar-refractivity contribution in [2.45, 2.75) is 46.1 Å². The molecule has 2 rings (SSSR count). The number of aryl methyl sites for hydroxylation is 1. The van der Waals surface area contributed by atoms with Gasteiger partial charge in [0.25, 0.3) is 5.89 Å². The Morgan fingerprint density at radius 3 is 2.33 bits per heavy atom. The fraction of sp³-hybridized carbons (Fsp3) is 0.438. The summed E-state index contributed by atoms with van der Waals surface area (Å²) in [5.74, 6) is 0.411. The van der Waals surface area contributed by atoms with E-state index in [4.69, 9.17) is 9.26 Å². The lowest BCUT2D eigenvalue weighted by Gasteiger charge is -2.19. The standard InChI is InChI=1S/C16H20N2O3/c1-10(14-17-11(2)18-21-14)20-15(19)12-6-8-13(9-7-12)16(3,4)5/h6-10H,1-5H3. The highest BCUT2D eigenvalue weighted by Crippen LogP contribution is 2.23. The number of carbonyl (C=O) groups excluding carboxylic acids is 1. The van der Waals surface area contributed by atoms with E-state index in [0.29, 0.717) is 17.3 Å². The van der Waals surface area contributed by atoms with E-state index >= 15 is 0 Å². The minimum Gasteiger partial charge on any atom is -0.449 e. The van der Waals surface area contributed by atoms with Crippen LogP contribution in [0.5, 0.6) is 0 Å². The van der Waals surface area contributed by atoms with Crippen LogP contribution in [0.15, 0.2) is 28.8 Å². The number of hydrogen-bond donors (Lipinski definition) is 0. The molecule has 5 nitrogen and oxygen atoms in total. The monoisotopic (exact) mass is 288 g/mol. The quantitative estimate of drug-likeness (QED) is 0.807. The summed E-state index contributed by atoms with van der Waals surface area (Å²) in [4.78, 5) is 16.1. The van der Waals surface area contributed by atoms with E-state index in [1.54, 1.807) is 26.0 Å². The molecule has 0 fully saturated rings. The summed E-state index contributed by atoms with van der Waals surface area (Å²) in [5, 5.41) is 3.68. The number of aromatic nitrogens is 2. The van der Waals surface area contributed by atoms with Gasteiger partial charge >= 0.3 is 5.97 Å². The Balaban J connectivity index is 2.06. The molecule has 0 aliphatic heterocycles. The summed E-state index contributed by atoms with van der Waals surface area (Å²) in [6.45, 7) is 9.79. The molecule has 0 aliphatic carbocycles. The van der Waals surface area contributed by atoms with Crippen molar-refractivity contribution >= 4 is 5.97 Å². The summed E-state index contributed by atoms with van der Waals surface area (Å²) in [5.41, 5.74) is 1.72. The zero-order valence-corrected chi connectivity index (χ0v) is 13.0. The van der Waals surface area contributed by atoms with Crippen molar-refractivity contribution in [3.8, 4) is 0 Å². The first-order valence-corrected chi connectivity index (χ1v) is 6.89. The smallest absolute Gasteiger partial charge is 0.338 e. The molecule has 2 aromatic rings. The van der Waals surface area contributed by atoms with Gasteiger partial charge in [-0.3, -0.25) is 0 Å². The van der Waals surface area contributed by atoms with Gasteiger partial charge in [-0.15, -0.1) is 0 Å². The Hall–Kier alpha value is -2.17. The van der Waals surface area contributed by atoms with Gasteiger partial charge in [0.05, 0.1) is 5.56 Å². The van der Waals surface area contributed by atoms with Gasteiger partial charge in [-0.2, -0.15) is 4.98 Å². The average Bonchev–Trinajstić information content (AvgIpc) is 2.84. The third-order valence-corrected chi connectivity index (χ3v) is 3.16. The Bertz CT molecular complexity index is 624. The number of carbonyl (C=O) groups is 1.